The van der Waals surface area contributed by atoms with Crippen molar-refractivity contribution in [3.05, 3.63) is 29.3 Å². The van der Waals surface area contributed by atoms with Gasteiger partial charge in [-0.15, -0.1) is 0 Å². The number of carbonyl (C=O) groups is 1. The van der Waals surface area contributed by atoms with Crippen molar-refractivity contribution in [2.24, 2.45) is 5.92 Å². The molecule has 3 nitrogen and oxygen atoms in total. The van der Waals surface area contributed by atoms with Crippen molar-refractivity contribution in [1.82, 2.24) is 0 Å². The molecule has 6 heteroatoms. The molecule has 0 radical (unpaired) electrons. The molecule has 1 fully saturated rings. The lowest BCUT2D eigenvalue weighted by molar-refractivity contribution is -0.139. The van der Waals surface area contributed by atoms with Gasteiger partial charge in [0.1, 0.15) is 5.75 Å². The van der Waals surface area contributed by atoms with Gasteiger partial charge >= 0.3 is 12.1 Å². The zero-order valence-corrected chi connectivity index (χ0v) is 9.49. The predicted octanol–water partition coefficient (Wildman–Crippen LogP) is 2.90. The summed E-state index contributed by atoms with van der Waals surface area (Å²) in [4.78, 5) is 10.7. The van der Waals surface area contributed by atoms with Crippen LogP contribution in [0.15, 0.2) is 18.2 Å². The first kappa shape index (κ1) is 12.7. The monoisotopic (exact) mass is 260 g/mol. The smallest absolute Gasteiger partial charge is 0.419 e. The molecule has 1 saturated carbocycles. The summed E-state index contributed by atoms with van der Waals surface area (Å²) < 4.78 is 42.9. The fourth-order valence-electron chi connectivity index (χ4n) is 2.01. The number of methoxy groups -OCH3 is 1. The Morgan fingerprint density at radius 1 is 1.44 bits per heavy atom. The Morgan fingerprint density at radius 2 is 2.11 bits per heavy atom. The van der Waals surface area contributed by atoms with Crippen molar-refractivity contribution in [2.45, 2.75) is 18.5 Å². The molecule has 2 rings (SSSR count). The first-order valence-corrected chi connectivity index (χ1v) is 5.32. The Bertz CT molecular complexity index is 482. The van der Waals surface area contributed by atoms with Crippen molar-refractivity contribution in [3.63, 3.8) is 0 Å². The van der Waals surface area contributed by atoms with Crippen LogP contribution in [0.25, 0.3) is 0 Å². The Kier molecular flexibility index (Phi) is 2.96. The Labute approximate surface area is 101 Å². The maximum Gasteiger partial charge on any atom is 0.419 e. The Balaban J connectivity index is 2.33. The minimum Gasteiger partial charge on any atom is -0.496 e. The van der Waals surface area contributed by atoms with Crippen molar-refractivity contribution < 1.29 is 27.8 Å². The van der Waals surface area contributed by atoms with E-state index in [0.717, 1.165) is 6.07 Å². The van der Waals surface area contributed by atoms with Crippen LogP contribution in [0.3, 0.4) is 0 Å². The SMILES string of the molecule is COc1ccc(C2CC2C(=O)O)cc1C(F)(F)F. The van der Waals surface area contributed by atoms with Gasteiger partial charge in [0, 0.05) is 0 Å². The van der Waals surface area contributed by atoms with Crippen LogP contribution in [-0.4, -0.2) is 18.2 Å². The van der Waals surface area contributed by atoms with E-state index >= 15 is 0 Å². The van der Waals surface area contributed by atoms with Gasteiger partial charge in [-0.1, -0.05) is 6.07 Å². The second-order valence-corrected chi connectivity index (χ2v) is 4.24. The zero-order valence-electron chi connectivity index (χ0n) is 9.49. The largest absolute Gasteiger partial charge is 0.496 e. The third-order valence-corrected chi connectivity index (χ3v) is 3.06. The number of carboxylic acid groups (broad SMARTS) is 1. The van der Waals surface area contributed by atoms with Gasteiger partial charge in [0.25, 0.3) is 0 Å². The van der Waals surface area contributed by atoms with Gasteiger partial charge in [-0.2, -0.15) is 13.2 Å². The number of rotatable bonds is 3. The maximum atomic E-state index is 12.8. The summed E-state index contributed by atoms with van der Waals surface area (Å²) in [5.74, 6) is -2.11. The van der Waals surface area contributed by atoms with E-state index in [0.29, 0.717) is 12.0 Å². The molecule has 1 aliphatic carbocycles. The lowest BCUT2D eigenvalue weighted by Crippen LogP contribution is -2.08. The van der Waals surface area contributed by atoms with Crippen molar-refractivity contribution in [1.29, 1.82) is 0 Å². The van der Waals surface area contributed by atoms with E-state index in [2.05, 4.69) is 4.74 Å². The number of hydrogen-bond acceptors (Lipinski definition) is 2. The number of aliphatic carboxylic acids is 1. The van der Waals surface area contributed by atoms with Crippen molar-refractivity contribution in [2.75, 3.05) is 7.11 Å². The average Bonchev–Trinajstić information content (AvgIpc) is 3.07. The molecule has 0 spiro atoms. The van der Waals surface area contributed by atoms with Gasteiger partial charge in [-0.25, -0.2) is 0 Å². The molecule has 0 heterocycles. The minimum absolute atomic E-state index is 0.251. The van der Waals surface area contributed by atoms with E-state index in [1.165, 1.54) is 19.2 Å². The number of hydrogen-bond donors (Lipinski definition) is 1. The second-order valence-electron chi connectivity index (χ2n) is 4.24. The molecular formula is C12H11F3O3. The highest BCUT2D eigenvalue weighted by atomic mass is 19.4. The molecule has 0 saturated heterocycles. The third kappa shape index (κ3) is 2.27. The first-order valence-electron chi connectivity index (χ1n) is 5.32. The number of ether oxygens (including phenoxy) is 1. The van der Waals surface area contributed by atoms with Crippen LogP contribution in [0.5, 0.6) is 5.75 Å². The molecule has 2 atom stereocenters. The van der Waals surface area contributed by atoms with Gasteiger partial charge in [0.2, 0.25) is 0 Å². The number of benzene rings is 1. The molecule has 2 unspecified atom stereocenters. The van der Waals surface area contributed by atoms with E-state index in [-0.39, 0.29) is 11.7 Å². The maximum absolute atomic E-state index is 12.8. The number of halogens is 3. The van der Waals surface area contributed by atoms with Gasteiger partial charge in [-0.05, 0) is 30.0 Å². The Hall–Kier alpha value is -1.72. The van der Waals surface area contributed by atoms with Crippen LogP contribution in [0.4, 0.5) is 13.2 Å². The van der Waals surface area contributed by atoms with E-state index in [9.17, 15) is 18.0 Å². The summed E-state index contributed by atoms with van der Waals surface area (Å²) in [6.07, 6.45) is -4.12. The summed E-state index contributed by atoms with van der Waals surface area (Å²) in [5.41, 5.74) is -0.464. The summed E-state index contributed by atoms with van der Waals surface area (Å²) in [7, 11) is 1.17. The highest BCUT2D eigenvalue weighted by Crippen LogP contribution is 2.49. The van der Waals surface area contributed by atoms with Crippen LogP contribution < -0.4 is 4.74 Å². The van der Waals surface area contributed by atoms with Crippen molar-refractivity contribution >= 4 is 5.97 Å². The molecule has 1 aromatic rings. The van der Waals surface area contributed by atoms with Crippen LogP contribution >= 0.6 is 0 Å². The van der Waals surface area contributed by atoms with Crippen LogP contribution in [0, 0.1) is 5.92 Å². The fraction of sp³-hybridized carbons (Fsp3) is 0.417. The molecular weight excluding hydrogens is 249 g/mol. The highest BCUT2D eigenvalue weighted by Gasteiger charge is 2.45. The molecule has 0 aliphatic heterocycles. The predicted molar refractivity (Wildman–Crippen MR) is 56.5 cm³/mol. The average molecular weight is 260 g/mol. The number of alkyl halides is 3. The zero-order chi connectivity index (χ0) is 13.5. The quantitative estimate of drug-likeness (QED) is 0.908. The molecule has 0 aromatic heterocycles. The molecule has 1 N–H and O–H groups in total. The molecule has 18 heavy (non-hydrogen) atoms. The summed E-state index contributed by atoms with van der Waals surface area (Å²) in [6.45, 7) is 0. The van der Waals surface area contributed by atoms with Gasteiger partial charge in [0.15, 0.2) is 0 Å². The molecule has 1 aliphatic rings. The molecule has 1 aromatic carbocycles. The van der Waals surface area contributed by atoms with E-state index in [1.54, 1.807) is 0 Å². The van der Waals surface area contributed by atoms with Crippen LogP contribution in [0.1, 0.15) is 23.5 Å². The lowest BCUT2D eigenvalue weighted by Gasteiger charge is -2.13. The van der Waals surface area contributed by atoms with Crippen LogP contribution in [-0.2, 0) is 11.0 Å². The standard InChI is InChI=1S/C12H11F3O3/c1-18-10-3-2-6(4-9(10)12(13,14)15)7-5-8(7)11(16)17/h2-4,7-8H,5H2,1H3,(H,16,17). The second kappa shape index (κ2) is 4.19. The minimum atomic E-state index is -4.50. The fourth-order valence-corrected chi connectivity index (χ4v) is 2.01. The summed E-state index contributed by atoms with van der Waals surface area (Å²) in [6, 6.07) is 3.70. The van der Waals surface area contributed by atoms with Gasteiger partial charge < -0.3 is 9.84 Å². The highest BCUT2D eigenvalue weighted by molar-refractivity contribution is 5.75. The van der Waals surface area contributed by atoms with E-state index < -0.39 is 23.6 Å². The first-order chi connectivity index (χ1) is 8.34. The number of carboxylic acids is 1. The topological polar surface area (TPSA) is 46.5 Å². The lowest BCUT2D eigenvalue weighted by atomic mass is 10.0. The normalized spacial score (nSPS) is 22.7. The summed E-state index contributed by atoms with van der Waals surface area (Å²) >= 11 is 0. The molecule has 98 valence electrons. The van der Waals surface area contributed by atoms with Crippen molar-refractivity contribution in [3.8, 4) is 5.75 Å². The molecule has 0 amide bonds. The van der Waals surface area contributed by atoms with Crippen LogP contribution in [0.2, 0.25) is 0 Å². The van der Waals surface area contributed by atoms with E-state index in [1.807, 2.05) is 0 Å². The molecule has 0 bridgehead atoms. The third-order valence-electron chi connectivity index (χ3n) is 3.06. The van der Waals surface area contributed by atoms with E-state index in [4.69, 9.17) is 5.11 Å². The van der Waals surface area contributed by atoms with Gasteiger partial charge in [0.05, 0.1) is 18.6 Å². The van der Waals surface area contributed by atoms with Gasteiger partial charge in [-0.3, -0.25) is 4.79 Å². The Morgan fingerprint density at radius 3 is 2.56 bits per heavy atom. The summed E-state index contributed by atoms with van der Waals surface area (Å²) in [5, 5.41) is 8.77.